The largest absolute Gasteiger partial charge is 0.480 e. The van der Waals surface area contributed by atoms with Crippen molar-refractivity contribution < 1.29 is 19.1 Å². The normalized spacial score (nSPS) is 12.2. The van der Waals surface area contributed by atoms with E-state index in [1.165, 1.54) is 12.1 Å². The van der Waals surface area contributed by atoms with Gasteiger partial charge in [0.05, 0.1) is 17.8 Å². The van der Waals surface area contributed by atoms with Crippen molar-refractivity contribution in [1.29, 1.82) is 0 Å². The summed E-state index contributed by atoms with van der Waals surface area (Å²) in [5.41, 5.74) is 2.88. The SMILES string of the molecule is Cc1nn(-c2ccc(F)cc2)c(C)c1CC(=O)NC(CC(C)C)C(=O)O. The predicted octanol–water partition coefficient (Wildman–Crippen LogP) is 2.79. The van der Waals surface area contributed by atoms with Crippen molar-refractivity contribution in [3.05, 3.63) is 47.0 Å². The minimum atomic E-state index is -1.04. The van der Waals surface area contributed by atoms with Crippen LogP contribution < -0.4 is 5.32 Å². The molecule has 2 rings (SSSR count). The molecule has 1 aromatic heterocycles. The highest BCUT2D eigenvalue weighted by Crippen LogP contribution is 2.19. The maximum Gasteiger partial charge on any atom is 0.326 e. The fraction of sp³-hybridized carbons (Fsp3) is 0.421. The number of aryl methyl sites for hydroxylation is 1. The van der Waals surface area contributed by atoms with E-state index in [9.17, 15) is 19.1 Å². The number of hydrogen-bond acceptors (Lipinski definition) is 3. The molecule has 1 unspecified atom stereocenters. The Morgan fingerprint density at radius 3 is 2.38 bits per heavy atom. The number of carboxylic acid groups (broad SMARTS) is 1. The average molecular weight is 361 g/mol. The average Bonchev–Trinajstić information content (AvgIpc) is 2.82. The van der Waals surface area contributed by atoms with Gasteiger partial charge in [0.2, 0.25) is 5.91 Å². The van der Waals surface area contributed by atoms with Crippen LogP contribution in [0.1, 0.15) is 37.2 Å². The lowest BCUT2D eigenvalue weighted by Crippen LogP contribution is -2.42. The van der Waals surface area contributed by atoms with Crippen molar-refractivity contribution in [2.75, 3.05) is 0 Å². The van der Waals surface area contributed by atoms with Crippen molar-refractivity contribution in [1.82, 2.24) is 15.1 Å². The third kappa shape index (κ3) is 4.68. The zero-order valence-electron chi connectivity index (χ0n) is 15.4. The number of halogens is 1. The Morgan fingerprint density at radius 1 is 1.23 bits per heavy atom. The third-order valence-corrected chi connectivity index (χ3v) is 4.19. The summed E-state index contributed by atoms with van der Waals surface area (Å²) in [6.45, 7) is 7.43. The lowest BCUT2D eigenvalue weighted by atomic mass is 10.0. The number of carbonyl (C=O) groups is 2. The smallest absolute Gasteiger partial charge is 0.326 e. The molecule has 2 N–H and O–H groups in total. The summed E-state index contributed by atoms with van der Waals surface area (Å²) in [6, 6.07) is 5.02. The van der Waals surface area contributed by atoms with Gasteiger partial charge in [-0.3, -0.25) is 4.79 Å². The van der Waals surface area contributed by atoms with Crippen molar-refractivity contribution in [2.45, 2.75) is 46.6 Å². The third-order valence-electron chi connectivity index (χ3n) is 4.19. The summed E-state index contributed by atoms with van der Waals surface area (Å²) in [5, 5.41) is 16.3. The first-order chi connectivity index (χ1) is 12.2. The zero-order chi connectivity index (χ0) is 19.4. The summed E-state index contributed by atoms with van der Waals surface area (Å²) in [4.78, 5) is 23.7. The molecule has 0 spiro atoms. The van der Waals surface area contributed by atoms with Crippen LogP contribution in [0.3, 0.4) is 0 Å². The number of rotatable bonds is 7. The van der Waals surface area contributed by atoms with Crippen molar-refractivity contribution in [2.24, 2.45) is 5.92 Å². The van der Waals surface area contributed by atoms with Gasteiger partial charge in [-0.25, -0.2) is 13.9 Å². The van der Waals surface area contributed by atoms with Crippen LogP contribution in [0.4, 0.5) is 4.39 Å². The Balaban J connectivity index is 2.18. The summed E-state index contributed by atoms with van der Waals surface area (Å²) in [7, 11) is 0. The molecule has 1 heterocycles. The van der Waals surface area contributed by atoms with Crippen LogP contribution in [-0.4, -0.2) is 32.8 Å². The molecule has 26 heavy (non-hydrogen) atoms. The fourth-order valence-corrected chi connectivity index (χ4v) is 2.86. The minimum absolute atomic E-state index is 0.0424. The van der Waals surface area contributed by atoms with E-state index in [0.29, 0.717) is 17.8 Å². The van der Waals surface area contributed by atoms with Gasteiger partial charge >= 0.3 is 5.97 Å². The van der Waals surface area contributed by atoms with Crippen LogP contribution in [-0.2, 0) is 16.0 Å². The summed E-state index contributed by atoms with van der Waals surface area (Å²) in [6.07, 6.45) is 0.411. The molecule has 0 saturated carbocycles. The van der Waals surface area contributed by atoms with Gasteiger partial charge in [-0.15, -0.1) is 0 Å². The molecule has 0 radical (unpaired) electrons. The van der Waals surface area contributed by atoms with E-state index in [2.05, 4.69) is 10.4 Å². The van der Waals surface area contributed by atoms with E-state index in [1.54, 1.807) is 23.7 Å². The van der Waals surface area contributed by atoms with E-state index in [0.717, 1.165) is 11.3 Å². The standard InChI is InChI=1S/C19H24FN3O3/c1-11(2)9-17(19(25)26)21-18(24)10-16-12(3)22-23(13(16)4)15-7-5-14(20)6-8-15/h5-8,11,17H,9-10H2,1-4H3,(H,21,24)(H,25,26). The Bertz CT molecular complexity index is 797. The van der Waals surface area contributed by atoms with Gasteiger partial charge in [-0.2, -0.15) is 5.10 Å². The number of aliphatic carboxylic acids is 1. The van der Waals surface area contributed by atoms with Gasteiger partial charge < -0.3 is 10.4 Å². The monoisotopic (exact) mass is 361 g/mol. The second-order valence-electron chi connectivity index (χ2n) is 6.80. The summed E-state index contributed by atoms with van der Waals surface area (Å²) >= 11 is 0. The Labute approximate surface area is 152 Å². The number of aromatic nitrogens is 2. The summed E-state index contributed by atoms with van der Waals surface area (Å²) < 4.78 is 14.8. The first-order valence-corrected chi connectivity index (χ1v) is 8.52. The zero-order valence-corrected chi connectivity index (χ0v) is 15.4. The van der Waals surface area contributed by atoms with Crippen molar-refractivity contribution >= 4 is 11.9 Å². The van der Waals surface area contributed by atoms with Crippen LogP contribution in [0.15, 0.2) is 24.3 Å². The number of carboxylic acids is 1. The highest BCUT2D eigenvalue weighted by Gasteiger charge is 2.23. The number of benzene rings is 1. The highest BCUT2D eigenvalue weighted by molar-refractivity contribution is 5.85. The molecule has 0 aliphatic heterocycles. The maximum atomic E-state index is 13.1. The molecule has 1 atom stereocenters. The van der Waals surface area contributed by atoms with Crippen LogP contribution in [0.25, 0.3) is 5.69 Å². The number of nitrogens with zero attached hydrogens (tertiary/aromatic N) is 2. The van der Waals surface area contributed by atoms with E-state index < -0.39 is 12.0 Å². The second kappa shape index (κ2) is 8.12. The molecule has 0 bridgehead atoms. The molecule has 7 heteroatoms. The van der Waals surface area contributed by atoms with Gasteiger partial charge in [-0.05, 0) is 50.5 Å². The molecule has 2 aromatic rings. The highest BCUT2D eigenvalue weighted by atomic mass is 19.1. The Morgan fingerprint density at radius 2 is 1.85 bits per heavy atom. The van der Waals surface area contributed by atoms with E-state index >= 15 is 0 Å². The first kappa shape index (κ1) is 19.6. The molecule has 0 saturated heterocycles. The number of hydrogen-bond donors (Lipinski definition) is 2. The predicted molar refractivity (Wildman–Crippen MR) is 95.7 cm³/mol. The van der Waals surface area contributed by atoms with Gasteiger partial charge in [0.15, 0.2) is 0 Å². The number of nitrogens with one attached hydrogen (secondary N) is 1. The van der Waals surface area contributed by atoms with E-state index in [4.69, 9.17) is 0 Å². The molecule has 1 aromatic carbocycles. The van der Waals surface area contributed by atoms with E-state index in [1.807, 2.05) is 20.8 Å². The number of amides is 1. The minimum Gasteiger partial charge on any atom is -0.480 e. The molecule has 0 aliphatic rings. The van der Waals surface area contributed by atoms with Gasteiger partial charge in [0.1, 0.15) is 11.9 Å². The van der Waals surface area contributed by atoms with Crippen LogP contribution >= 0.6 is 0 Å². The Hall–Kier alpha value is -2.70. The lowest BCUT2D eigenvalue weighted by Gasteiger charge is -2.16. The fourth-order valence-electron chi connectivity index (χ4n) is 2.86. The van der Waals surface area contributed by atoms with Gasteiger partial charge in [-0.1, -0.05) is 13.8 Å². The summed E-state index contributed by atoms with van der Waals surface area (Å²) in [5.74, 6) is -1.58. The molecular formula is C19H24FN3O3. The Kier molecular flexibility index (Phi) is 6.13. The molecular weight excluding hydrogens is 337 g/mol. The van der Waals surface area contributed by atoms with Gasteiger partial charge in [0.25, 0.3) is 0 Å². The molecule has 6 nitrogen and oxygen atoms in total. The number of carbonyl (C=O) groups excluding carboxylic acids is 1. The molecule has 0 fully saturated rings. The first-order valence-electron chi connectivity index (χ1n) is 8.52. The topological polar surface area (TPSA) is 84.2 Å². The quantitative estimate of drug-likeness (QED) is 0.794. The van der Waals surface area contributed by atoms with Crippen molar-refractivity contribution in [3.8, 4) is 5.69 Å². The van der Waals surface area contributed by atoms with Crippen LogP contribution in [0.5, 0.6) is 0 Å². The van der Waals surface area contributed by atoms with Gasteiger partial charge in [0, 0.05) is 11.3 Å². The molecule has 1 amide bonds. The maximum absolute atomic E-state index is 13.1. The van der Waals surface area contributed by atoms with Crippen LogP contribution in [0, 0.1) is 25.6 Å². The molecule has 0 aliphatic carbocycles. The second-order valence-corrected chi connectivity index (χ2v) is 6.80. The van der Waals surface area contributed by atoms with E-state index in [-0.39, 0.29) is 24.1 Å². The van der Waals surface area contributed by atoms with Crippen molar-refractivity contribution in [3.63, 3.8) is 0 Å². The van der Waals surface area contributed by atoms with Crippen LogP contribution in [0.2, 0.25) is 0 Å². The molecule has 140 valence electrons. The lowest BCUT2D eigenvalue weighted by molar-refractivity contribution is -0.142.